The molecule has 1 heterocycles. The SMILES string of the molecule is O=C1NN=C(c2ccccc2)C=C(Cl)N1. The van der Waals surface area contributed by atoms with Crippen LogP contribution in [0, 0.1) is 0 Å². The molecule has 15 heavy (non-hydrogen) atoms. The van der Waals surface area contributed by atoms with Gasteiger partial charge in [-0.05, 0) is 0 Å². The molecule has 0 fully saturated rings. The van der Waals surface area contributed by atoms with E-state index in [0.717, 1.165) is 5.56 Å². The van der Waals surface area contributed by atoms with Crippen LogP contribution in [0.2, 0.25) is 0 Å². The molecule has 0 atom stereocenters. The molecule has 1 aliphatic heterocycles. The highest BCUT2D eigenvalue weighted by Gasteiger charge is 2.09. The topological polar surface area (TPSA) is 53.5 Å². The molecule has 0 bridgehead atoms. The zero-order valence-corrected chi connectivity index (χ0v) is 8.45. The van der Waals surface area contributed by atoms with Crippen molar-refractivity contribution in [3.8, 4) is 0 Å². The molecule has 5 heteroatoms. The van der Waals surface area contributed by atoms with Gasteiger partial charge >= 0.3 is 6.03 Å². The summed E-state index contributed by atoms with van der Waals surface area (Å²) in [7, 11) is 0. The fraction of sp³-hybridized carbons (Fsp3) is 0. The minimum absolute atomic E-state index is 0.243. The molecule has 1 aliphatic rings. The van der Waals surface area contributed by atoms with Crippen LogP contribution in [0.25, 0.3) is 0 Å². The Bertz CT molecular complexity index is 439. The number of nitrogens with zero attached hydrogens (tertiary/aromatic N) is 1. The molecule has 4 nitrogen and oxygen atoms in total. The second-order valence-electron chi connectivity index (χ2n) is 2.92. The Morgan fingerprint density at radius 3 is 2.67 bits per heavy atom. The van der Waals surface area contributed by atoms with Gasteiger partial charge in [-0.25, -0.2) is 10.2 Å². The Balaban J connectivity index is 2.37. The largest absolute Gasteiger partial charge is 0.340 e. The number of rotatable bonds is 1. The summed E-state index contributed by atoms with van der Waals surface area (Å²) in [5, 5.41) is 6.57. The zero-order valence-electron chi connectivity index (χ0n) is 7.70. The first-order valence-corrected chi connectivity index (χ1v) is 4.71. The number of urea groups is 1. The van der Waals surface area contributed by atoms with Crippen LogP contribution in [0.15, 0.2) is 46.7 Å². The van der Waals surface area contributed by atoms with Crippen molar-refractivity contribution >= 4 is 23.3 Å². The summed E-state index contributed by atoms with van der Waals surface area (Å²) in [4.78, 5) is 11.0. The summed E-state index contributed by atoms with van der Waals surface area (Å²) in [6.07, 6.45) is 1.59. The van der Waals surface area contributed by atoms with E-state index in [2.05, 4.69) is 15.8 Å². The monoisotopic (exact) mass is 221 g/mol. The lowest BCUT2D eigenvalue weighted by atomic mass is 10.1. The Morgan fingerprint density at radius 2 is 1.93 bits per heavy atom. The maximum absolute atomic E-state index is 11.0. The number of allylic oxidation sites excluding steroid dienone is 1. The van der Waals surface area contributed by atoms with E-state index >= 15 is 0 Å². The van der Waals surface area contributed by atoms with Crippen LogP contribution in [-0.2, 0) is 0 Å². The number of hydrogen-bond acceptors (Lipinski definition) is 2. The molecule has 0 aliphatic carbocycles. The Morgan fingerprint density at radius 1 is 1.20 bits per heavy atom. The number of halogens is 1. The second kappa shape index (κ2) is 4.14. The summed E-state index contributed by atoms with van der Waals surface area (Å²) in [5.74, 6) is 0. The number of amides is 2. The number of benzene rings is 1. The fourth-order valence-corrected chi connectivity index (χ4v) is 1.38. The van der Waals surface area contributed by atoms with E-state index in [4.69, 9.17) is 11.6 Å². The minimum atomic E-state index is -0.442. The van der Waals surface area contributed by atoms with Crippen LogP contribution in [0.1, 0.15) is 5.56 Å². The first-order valence-electron chi connectivity index (χ1n) is 4.33. The number of hydrazone groups is 1. The molecular weight excluding hydrogens is 214 g/mol. The molecule has 0 saturated carbocycles. The quantitative estimate of drug-likeness (QED) is 0.698. The Labute approximate surface area is 91.6 Å². The highest BCUT2D eigenvalue weighted by Crippen LogP contribution is 2.07. The third-order valence-corrected chi connectivity index (χ3v) is 2.05. The second-order valence-corrected chi connectivity index (χ2v) is 3.33. The van der Waals surface area contributed by atoms with Crippen molar-refractivity contribution in [3.63, 3.8) is 0 Å². The molecule has 0 saturated heterocycles. The van der Waals surface area contributed by atoms with Crippen LogP contribution in [-0.4, -0.2) is 11.7 Å². The molecule has 76 valence electrons. The maximum Gasteiger partial charge on any atom is 0.340 e. The summed E-state index contributed by atoms with van der Waals surface area (Å²) in [6, 6.07) is 9.01. The highest BCUT2D eigenvalue weighted by molar-refractivity contribution is 6.33. The lowest BCUT2D eigenvalue weighted by molar-refractivity contribution is 0.244. The molecule has 2 amide bonds. The van der Waals surface area contributed by atoms with E-state index in [1.807, 2.05) is 30.3 Å². The van der Waals surface area contributed by atoms with Gasteiger partial charge in [0.25, 0.3) is 0 Å². The van der Waals surface area contributed by atoms with Crippen molar-refractivity contribution in [1.82, 2.24) is 10.7 Å². The molecule has 0 unspecified atom stereocenters. The Kier molecular flexibility index (Phi) is 2.69. The van der Waals surface area contributed by atoms with E-state index in [1.165, 1.54) is 0 Å². The number of nitrogens with one attached hydrogen (secondary N) is 2. The average molecular weight is 222 g/mol. The summed E-state index contributed by atoms with van der Waals surface area (Å²) >= 11 is 5.77. The lowest BCUT2D eigenvalue weighted by Gasteiger charge is -1.98. The van der Waals surface area contributed by atoms with Crippen molar-refractivity contribution in [1.29, 1.82) is 0 Å². The number of hydrogen-bond donors (Lipinski definition) is 2. The molecule has 1 aromatic rings. The smallest absolute Gasteiger partial charge is 0.297 e. The number of carbonyl (C=O) groups excluding carboxylic acids is 1. The van der Waals surface area contributed by atoms with Gasteiger partial charge in [-0.3, -0.25) is 5.32 Å². The highest BCUT2D eigenvalue weighted by atomic mass is 35.5. The lowest BCUT2D eigenvalue weighted by Crippen LogP contribution is -2.28. The first kappa shape index (κ1) is 9.73. The van der Waals surface area contributed by atoms with Crippen molar-refractivity contribution in [2.45, 2.75) is 0 Å². The van der Waals surface area contributed by atoms with Gasteiger partial charge in [-0.1, -0.05) is 41.9 Å². The van der Waals surface area contributed by atoms with Gasteiger partial charge < -0.3 is 0 Å². The number of carbonyl (C=O) groups is 1. The molecule has 0 aromatic heterocycles. The van der Waals surface area contributed by atoms with Crippen molar-refractivity contribution in [2.24, 2.45) is 5.10 Å². The van der Waals surface area contributed by atoms with Gasteiger partial charge in [0.15, 0.2) is 0 Å². The van der Waals surface area contributed by atoms with Crippen LogP contribution in [0.5, 0.6) is 0 Å². The predicted molar refractivity (Wildman–Crippen MR) is 58.6 cm³/mol. The molecular formula is C10H8ClN3O. The van der Waals surface area contributed by atoms with Crippen LogP contribution >= 0.6 is 11.6 Å². The van der Waals surface area contributed by atoms with Gasteiger partial charge in [-0.15, -0.1) is 0 Å². The average Bonchev–Trinajstić information content (AvgIpc) is 2.41. The van der Waals surface area contributed by atoms with Crippen molar-refractivity contribution in [3.05, 3.63) is 47.1 Å². The van der Waals surface area contributed by atoms with Crippen molar-refractivity contribution in [2.75, 3.05) is 0 Å². The summed E-state index contributed by atoms with van der Waals surface area (Å²) in [5.41, 5.74) is 3.82. The van der Waals surface area contributed by atoms with Gasteiger partial charge in [0.05, 0.1) is 5.71 Å². The molecule has 0 spiro atoms. The van der Waals surface area contributed by atoms with E-state index in [9.17, 15) is 4.79 Å². The molecule has 0 radical (unpaired) electrons. The van der Waals surface area contributed by atoms with E-state index in [0.29, 0.717) is 5.71 Å². The predicted octanol–water partition coefficient (Wildman–Crippen LogP) is 1.78. The fourth-order valence-electron chi connectivity index (χ4n) is 1.19. The van der Waals surface area contributed by atoms with E-state index in [-0.39, 0.29) is 5.16 Å². The van der Waals surface area contributed by atoms with Gasteiger partial charge in [0, 0.05) is 11.6 Å². The molecule has 2 N–H and O–H groups in total. The van der Waals surface area contributed by atoms with Crippen molar-refractivity contribution < 1.29 is 4.79 Å². The van der Waals surface area contributed by atoms with E-state index in [1.54, 1.807) is 6.08 Å². The standard InChI is InChI=1S/C10H8ClN3O/c11-9-6-8(13-14-10(15)12-9)7-4-2-1-3-5-7/h1-6H,(H2,12,14,15). The van der Waals surface area contributed by atoms with Gasteiger partial charge in [-0.2, -0.15) is 5.10 Å². The third kappa shape index (κ3) is 2.35. The van der Waals surface area contributed by atoms with Gasteiger partial charge in [0.2, 0.25) is 0 Å². The molecule has 2 rings (SSSR count). The maximum atomic E-state index is 11.0. The zero-order chi connectivity index (χ0) is 10.7. The Hall–Kier alpha value is -1.81. The van der Waals surface area contributed by atoms with Crippen LogP contribution in [0.3, 0.4) is 0 Å². The van der Waals surface area contributed by atoms with Crippen LogP contribution in [0.4, 0.5) is 4.79 Å². The van der Waals surface area contributed by atoms with Crippen LogP contribution < -0.4 is 10.7 Å². The third-order valence-electron chi connectivity index (χ3n) is 1.84. The first-order chi connectivity index (χ1) is 7.25. The normalized spacial score (nSPS) is 15.7. The molecule has 1 aromatic carbocycles. The summed E-state index contributed by atoms with van der Waals surface area (Å²) < 4.78 is 0. The minimum Gasteiger partial charge on any atom is -0.297 e. The van der Waals surface area contributed by atoms with E-state index < -0.39 is 6.03 Å². The summed E-state index contributed by atoms with van der Waals surface area (Å²) in [6.45, 7) is 0. The van der Waals surface area contributed by atoms with Gasteiger partial charge in [0.1, 0.15) is 5.16 Å².